The number of nitriles is 1. The molecule has 0 aliphatic carbocycles. The lowest BCUT2D eigenvalue weighted by Crippen LogP contribution is -2.38. The molecule has 2 rings (SSSR count). The van der Waals surface area contributed by atoms with Gasteiger partial charge in [0.25, 0.3) is 5.91 Å². The van der Waals surface area contributed by atoms with E-state index in [0.717, 1.165) is 11.1 Å². The number of aryl methyl sites for hydroxylation is 1. The molecule has 0 bridgehead atoms. The molecule has 134 valence electrons. The van der Waals surface area contributed by atoms with Gasteiger partial charge < -0.3 is 14.4 Å². The van der Waals surface area contributed by atoms with E-state index in [-0.39, 0.29) is 25.6 Å². The zero-order valence-electron chi connectivity index (χ0n) is 14.8. The highest BCUT2D eigenvalue weighted by Crippen LogP contribution is 2.13. The van der Waals surface area contributed by atoms with Gasteiger partial charge >= 0.3 is 5.97 Å². The van der Waals surface area contributed by atoms with Crippen LogP contribution < -0.4 is 4.74 Å². The van der Waals surface area contributed by atoms with Gasteiger partial charge in [0.2, 0.25) is 0 Å². The Balaban J connectivity index is 2.05. The van der Waals surface area contributed by atoms with Gasteiger partial charge in [-0.15, -0.1) is 0 Å². The van der Waals surface area contributed by atoms with Crippen LogP contribution in [0.3, 0.4) is 0 Å². The summed E-state index contributed by atoms with van der Waals surface area (Å²) < 4.78 is 10.2. The second kappa shape index (κ2) is 9.23. The number of hydrogen-bond donors (Lipinski definition) is 0. The number of methoxy groups -OCH3 is 1. The molecule has 0 aliphatic rings. The van der Waals surface area contributed by atoms with Crippen molar-refractivity contribution >= 4 is 11.9 Å². The molecule has 2 aromatic rings. The average Bonchev–Trinajstić information content (AvgIpc) is 2.67. The van der Waals surface area contributed by atoms with Crippen LogP contribution >= 0.6 is 0 Å². The first-order valence-electron chi connectivity index (χ1n) is 8.05. The standard InChI is InChI=1S/C20H20N2O4/c1-15-5-3-4-6-17(15)12-22(13-20(24)25-2)19(23)14-26-18-9-7-16(11-21)8-10-18/h3-10H,12-14H2,1-2H3. The van der Waals surface area contributed by atoms with Crippen LogP contribution in [0.4, 0.5) is 0 Å². The maximum atomic E-state index is 12.5. The first kappa shape index (κ1) is 19.0. The van der Waals surface area contributed by atoms with Gasteiger partial charge in [0, 0.05) is 6.54 Å². The molecule has 0 atom stereocenters. The van der Waals surface area contributed by atoms with Crippen LogP contribution in [-0.2, 0) is 20.9 Å². The monoisotopic (exact) mass is 352 g/mol. The summed E-state index contributed by atoms with van der Waals surface area (Å²) in [6.07, 6.45) is 0. The fraction of sp³-hybridized carbons (Fsp3) is 0.250. The van der Waals surface area contributed by atoms with Gasteiger partial charge in [-0.3, -0.25) is 9.59 Å². The van der Waals surface area contributed by atoms with Crippen LogP contribution in [0, 0.1) is 18.3 Å². The third-order valence-electron chi connectivity index (χ3n) is 3.87. The second-order valence-electron chi connectivity index (χ2n) is 5.68. The predicted molar refractivity (Wildman–Crippen MR) is 95.3 cm³/mol. The van der Waals surface area contributed by atoms with E-state index < -0.39 is 5.97 Å². The summed E-state index contributed by atoms with van der Waals surface area (Å²) in [7, 11) is 1.28. The molecule has 0 fully saturated rings. The topological polar surface area (TPSA) is 79.6 Å². The van der Waals surface area contributed by atoms with Gasteiger partial charge in [0.15, 0.2) is 6.61 Å². The number of rotatable bonds is 7. The van der Waals surface area contributed by atoms with Crippen molar-refractivity contribution in [3.63, 3.8) is 0 Å². The minimum atomic E-state index is -0.495. The second-order valence-corrected chi connectivity index (χ2v) is 5.68. The highest BCUT2D eigenvalue weighted by Gasteiger charge is 2.19. The molecule has 0 aliphatic heterocycles. The van der Waals surface area contributed by atoms with Crippen molar-refractivity contribution in [2.45, 2.75) is 13.5 Å². The molecule has 26 heavy (non-hydrogen) atoms. The number of esters is 1. The first-order valence-corrected chi connectivity index (χ1v) is 8.05. The van der Waals surface area contributed by atoms with Crippen LogP contribution in [0.2, 0.25) is 0 Å². The van der Waals surface area contributed by atoms with Crippen LogP contribution in [0.25, 0.3) is 0 Å². The Morgan fingerprint density at radius 3 is 2.42 bits per heavy atom. The Morgan fingerprint density at radius 2 is 1.81 bits per heavy atom. The highest BCUT2D eigenvalue weighted by molar-refractivity contribution is 5.83. The number of benzene rings is 2. The Kier molecular flexibility index (Phi) is 6.75. The summed E-state index contributed by atoms with van der Waals surface area (Å²) in [5.41, 5.74) is 2.49. The Labute approximate surface area is 152 Å². The highest BCUT2D eigenvalue weighted by atomic mass is 16.5. The third-order valence-corrected chi connectivity index (χ3v) is 3.87. The first-order chi connectivity index (χ1) is 12.5. The van der Waals surface area contributed by atoms with Crippen molar-refractivity contribution in [1.29, 1.82) is 5.26 Å². The van der Waals surface area contributed by atoms with E-state index in [2.05, 4.69) is 4.74 Å². The predicted octanol–water partition coefficient (Wildman–Crippen LogP) is 2.45. The Morgan fingerprint density at radius 1 is 1.12 bits per heavy atom. The van der Waals surface area contributed by atoms with Gasteiger partial charge in [0.1, 0.15) is 12.3 Å². The van der Waals surface area contributed by atoms with E-state index in [9.17, 15) is 9.59 Å². The van der Waals surface area contributed by atoms with Crippen molar-refractivity contribution < 1.29 is 19.1 Å². The van der Waals surface area contributed by atoms with Gasteiger partial charge in [0.05, 0.1) is 18.7 Å². The lowest BCUT2D eigenvalue weighted by atomic mass is 10.1. The largest absolute Gasteiger partial charge is 0.484 e. The van der Waals surface area contributed by atoms with Crippen LogP contribution in [-0.4, -0.2) is 37.0 Å². The summed E-state index contributed by atoms with van der Waals surface area (Å²) in [5.74, 6) is -0.348. The van der Waals surface area contributed by atoms with Crippen molar-refractivity contribution in [3.05, 3.63) is 65.2 Å². The zero-order chi connectivity index (χ0) is 18.9. The van der Waals surface area contributed by atoms with Crippen LogP contribution in [0.15, 0.2) is 48.5 Å². The van der Waals surface area contributed by atoms with Gasteiger partial charge in [-0.05, 0) is 42.3 Å². The van der Waals surface area contributed by atoms with Crippen molar-refractivity contribution in [1.82, 2.24) is 4.90 Å². The normalized spacial score (nSPS) is 9.88. The quantitative estimate of drug-likeness (QED) is 0.715. The molecule has 0 unspecified atom stereocenters. The van der Waals surface area contributed by atoms with E-state index >= 15 is 0 Å². The van der Waals surface area contributed by atoms with E-state index in [1.54, 1.807) is 24.3 Å². The SMILES string of the molecule is COC(=O)CN(Cc1ccccc1C)C(=O)COc1ccc(C#N)cc1. The maximum Gasteiger partial charge on any atom is 0.325 e. The number of amides is 1. The average molecular weight is 352 g/mol. The fourth-order valence-corrected chi connectivity index (χ4v) is 2.31. The zero-order valence-corrected chi connectivity index (χ0v) is 14.8. The summed E-state index contributed by atoms with van der Waals surface area (Å²) in [6, 6.07) is 16.1. The molecule has 0 N–H and O–H groups in total. The number of nitrogens with zero attached hydrogens (tertiary/aromatic N) is 2. The van der Waals surface area contributed by atoms with Gasteiger partial charge in [-0.25, -0.2) is 0 Å². The molecule has 0 saturated heterocycles. The lowest BCUT2D eigenvalue weighted by molar-refractivity contribution is -0.148. The van der Waals surface area contributed by atoms with Crippen molar-refractivity contribution in [3.8, 4) is 11.8 Å². The molecule has 6 heteroatoms. The molecular formula is C20H20N2O4. The van der Waals surface area contributed by atoms with Crippen LogP contribution in [0.1, 0.15) is 16.7 Å². The molecule has 0 radical (unpaired) electrons. The fourth-order valence-electron chi connectivity index (χ4n) is 2.31. The molecule has 6 nitrogen and oxygen atoms in total. The number of carbonyl (C=O) groups is 2. The Bertz CT molecular complexity index is 809. The molecular weight excluding hydrogens is 332 g/mol. The maximum absolute atomic E-state index is 12.5. The summed E-state index contributed by atoms with van der Waals surface area (Å²) in [5, 5.41) is 8.79. The molecule has 0 saturated carbocycles. The molecule has 2 aromatic carbocycles. The van der Waals surface area contributed by atoms with Crippen LogP contribution in [0.5, 0.6) is 5.75 Å². The van der Waals surface area contributed by atoms with E-state index in [1.807, 2.05) is 37.3 Å². The minimum absolute atomic E-state index is 0.152. The lowest BCUT2D eigenvalue weighted by Gasteiger charge is -2.22. The molecule has 1 amide bonds. The van der Waals surface area contributed by atoms with Crippen molar-refractivity contribution in [2.75, 3.05) is 20.3 Å². The third kappa shape index (κ3) is 5.35. The molecule has 0 aromatic heterocycles. The minimum Gasteiger partial charge on any atom is -0.484 e. The summed E-state index contributed by atoms with van der Waals surface area (Å²) in [6.45, 7) is 1.87. The van der Waals surface area contributed by atoms with Gasteiger partial charge in [-0.2, -0.15) is 5.26 Å². The smallest absolute Gasteiger partial charge is 0.325 e. The van der Waals surface area contributed by atoms with E-state index in [1.165, 1.54) is 12.0 Å². The number of hydrogen-bond acceptors (Lipinski definition) is 5. The molecule has 0 spiro atoms. The Hall–Kier alpha value is -3.33. The van der Waals surface area contributed by atoms with E-state index in [4.69, 9.17) is 10.00 Å². The number of carbonyl (C=O) groups excluding carboxylic acids is 2. The van der Waals surface area contributed by atoms with Gasteiger partial charge in [-0.1, -0.05) is 24.3 Å². The molecule has 0 heterocycles. The summed E-state index contributed by atoms with van der Waals surface area (Å²) in [4.78, 5) is 25.6. The van der Waals surface area contributed by atoms with E-state index in [0.29, 0.717) is 11.3 Å². The summed E-state index contributed by atoms with van der Waals surface area (Å²) >= 11 is 0. The van der Waals surface area contributed by atoms with Crippen molar-refractivity contribution in [2.24, 2.45) is 0 Å². The number of ether oxygens (including phenoxy) is 2.